The van der Waals surface area contributed by atoms with Gasteiger partial charge in [0.1, 0.15) is 5.82 Å². The molecule has 1 saturated heterocycles. The van der Waals surface area contributed by atoms with Gasteiger partial charge in [-0.15, -0.1) is 0 Å². The predicted octanol–water partition coefficient (Wildman–Crippen LogP) is 3.76. The molecule has 19 heavy (non-hydrogen) atoms. The number of fused-ring (bicyclic) bond motifs is 1. The Hall–Kier alpha value is -0.910. The molecule has 6 heteroatoms. The van der Waals surface area contributed by atoms with Gasteiger partial charge in [-0.3, -0.25) is 0 Å². The molecule has 1 aliphatic heterocycles. The van der Waals surface area contributed by atoms with Gasteiger partial charge in [0, 0.05) is 12.1 Å². The van der Waals surface area contributed by atoms with Gasteiger partial charge in [-0.1, -0.05) is 11.6 Å². The lowest BCUT2D eigenvalue weighted by Gasteiger charge is -2.30. The fourth-order valence-electron chi connectivity index (χ4n) is 2.74. The molecule has 1 N–H and O–H groups in total. The Morgan fingerprint density at radius 3 is 2.74 bits per heavy atom. The highest BCUT2D eigenvalue weighted by atomic mass is 35.5. The highest BCUT2D eigenvalue weighted by molar-refractivity contribution is 7.71. The first-order chi connectivity index (χ1) is 9.06. The van der Waals surface area contributed by atoms with E-state index in [-0.39, 0.29) is 5.02 Å². The van der Waals surface area contributed by atoms with Gasteiger partial charge in [0.25, 0.3) is 0 Å². The van der Waals surface area contributed by atoms with Gasteiger partial charge < -0.3 is 14.5 Å². The first kappa shape index (κ1) is 13.1. The van der Waals surface area contributed by atoms with Crippen LogP contribution < -0.4 is 0 Å². The van der Waals surface area contributed by atoms with Crippen molar-refractivity contribution in [2.45, 2.75) is 18.9 Å². The molecule has 0 bridgehead atoms. The zero-order valence-corrected chi connectivity index (χ0v) is 12.2. The maximum absolute atomic E-state index is 13.5. The Balaban J connectivity index is 2.10. The minimum Gasteiger partial charge on any atom is -0.330 e. The van der Waals surface area contributed by atoms with Gasteiger partial charge in [0.2, 0.25) is 0 Å². The van der Waals surface area contributed by atoms with Crippen LogP contribution in [0.5, 0.6) is 0 Å². The summed E-state index contributed by atoms with van der Waals surface area (Å²) in [6.45, 7) is 2.10. The van der Waals surface area contributed by atoms with Crippen LogP contribution in [-0.4, -0.2) is 34.6 Å². The summed E-state index contributed by atoms with van der Waals surface area (Å²) in [5, 5.41) is 0.142. The lowest BCUT2D eigenvalue weighted by atomic mass is 10.1. The Bertz CT molecular complexity index is 670. The number of piperidine rings is 1. The molecule has 1 aromatic heterocycles. The third-order valence-corrected chi connectivity index (χ3v) is 4.40. The van der Waals surface area contributed by atoms with Crippen LogP contribution in [0.15, 0.2) is 12.1 Å². The Morgan fingerprint density at radius 2 is 2.05 bits per heavy atom. The number of aromatic amines is 1. The number of rotatable bonds is 1. The number of imidazole rings is 1. The molecule has 0 atom stereocenters. The van der Waals surface area contributed by atoms with E-state index in [1.54, 1.807) is 6.07 Å². The molecule has 0 saturated carbocycles. The topological polar surface area (TPSA) is 24.0 Å². The second kappa shape index (κ2) is 4.89. The quantitative estimate of drug-likeness (QED) is 0.811. The highest BCUT2D eigenvalue weighted by Crippen LogP contribution is 2.29. The van der Waals surface area contributed by atoms with E-state index in [0.29, 0.717) is 16.3 Å². The summed E-state index contributed by atoms with van der Waals surface area (Å²) >= 11 is 11.3. The molecule has 1 aromatic carbocycles. The number of nitrogens with zero attached hydrogens (tertiary/aromatic N) is 2. The van der Waals surface area contributed by atoms with Crippen LogP contribution in [0.3, 0.4) is 0 Å². The highest BCUT2D eigenvalue weighted by Gasteiger charge is 2.21. The lowest BCUT2D eigenvalue weighted by molar-refractivity contribution is 0.223. The van der Waals surface area contributed by atoms with Gasteiger partial charge >= 0.3 is 0 Å². The fraction of sp³-hybridized carbons (Fsp3) is 0.462. The third kappa shape index (κ3) is 2.30. The maximum Gasteiger partial charge on any atom is 0.178 e. The molecule has 0 unspecified atom stereocenters. The van der Waals surface area contributed by atoms with Crippen LogP contribution in [-0.2, 0) is 0 Å². The molecule has 2 aromatic rings. The van der Waals surface area contributed by atoms with Crippen molar-refractivity contribution >= 4 is 34.9 Å². The van der Waals surface area contributed by atoms with Crippen LogP contribution in [0.2, 0.25) is 5.02 Å². The van der Waals surface area contributed by atoms with E-state index >= 15 is 0 Å². The minimum atomic E-state index is -0.416. The van der Waals surface area contributed by atoms with Gasteiger partial charge in [-0.05, 0) is 51.3 Å². The van der Waals surface area contributed by atoms with E-state index < -0.39 is 5.82 Å². The van der Waals surface area contributed by atoms with Crippen LogP contribution in [0.1, 0.15) is 18.9 Å². The standard InChI is InChI=1S/C13H15ClFN3S/c1-17-4-2-8(3-5-17)18-12-6-9(14)10(15)7-11(12)16-13(18)19/h6-8H,2-5H2,1H3,(H,16,19). The van der Waals surface area contributed by atoms with E-state index in [1.807, 2.05) is 0 Å². The largest absolute Gasteiger partial charge is 0.330 e. The van der Waals surface area contributed by atoms with E-state index in [0.717, 1.165) is 31.4 Å². The van der Waals surface area contributed by atoms with Crippen molar-refractivity contribution < 1.29 is 4.39 Å². The molecule has 0 radical (unpaired) electrons. The summed E-state index contributed by atoms with van der Waals surface area (Å²) in [4.78, 5) is 5.38. The molecule has 102 valence electrons. The summed E-state index contributed by atoms with van der Waals surface area (Å²) in [5.41, 5.74) is 1.61. The van der Waals surface area contributed by atoms with Crippen molar-refractivity contribution in [2.75, 3.05) is 20.1 Å². The van der Waals surface area contributed by atoms with Crippen molar-refractivity contribution in [1.29, 1.82) is 0 Å². The third-order valence-electron chi connectivity index (χ3n) is 3.81. The molecule has 0 spiro atoms. The molecule has 3 rings (SSSR count). The van der Waals surface area contributed by atoms with E-state index in [4.69, 9.17) is 23.8 Å². The van der Waals surface area contributed by atoms with Crippen molar-refractivity contribution in [3.05, 3.63) is 27.7 Å². The van der Waals surface area contributed by atoms with Crippen molar-refractivity contribution in [3.63, 3.8) is 0 Å². The summed E-state index contributed by atoms with van der Waals surface area (Å²) < 4.78 is 16.2. The fourth-order valence-corrected chi connectivity index (χ4v) is 3.25. The van der Waals surface area contributed by atoms with Crippen LogP contribution in [0, 0.1) is 10.6 Å². The summed E-state index contributed by atoms with van der Waals surface area (Å²) in [5.74, 6) is -0.416. The molecule has 1 fully saturated rings. The van der Waals surface area contributed by atoms with E-state index in [1.165, 1.54) is 6.07 Å². The number of benzene rings is 1. The summed E-state index contributed by atoms with van der Waals surface area (Å²) in [6, 6.07) is 3.44. The molecule has 3 nitrogen and oxygen atoms in total. The maximum atomic E-state index is 13.5. The molecular weight excluding hydrogens is 285 g/mol. The van der Waals surface area contributed by atoms with Crippen LogP contribution in [0.25, 0.3) is 11.0 Å². The monoisotopic (exact) mass is 299 g/mol. The van der Waals surface area contributed by atoms with Gasteiger partial charge in [0.15, 0.2) is 4.77 Å². The average Bonchev–Trinajstić information content (AvgIpc) is 2.67. The van der Waals surface area contributed by atoms with Crippen molar-refractivity contribution in [2.24, 2.45) is 0 Å². The van der Waals surface area contributed by atoms with Crippen LogP contribution >= 0.6 is 23.8 Å². The lowest BCUT2D eigenvalue weighted by Crippen LogP contribution is -2.31. The molecular formula is C13H15ClFN3S. The smallest absolute Gasteiger partial charge is 0.178 e. The van der Waals surface area contributed by atoms with Gasteiger partial charge in [-0.2, -0.15) is 0 Å². The zero-order chi connectivity index (χ0) is 13.6. The number of aromatic nitrogens is 2. The zero-order valence-electron chi connectivity index (χ0n) is 10.6. The Labute approximate surface area is 121 Å². The SMILES string of the molecule is CN1CCC(n2c(=S)[nH]c3cc(F)c(Cl)cc32)CC1. The number of H-pyrrole nitrogens is 1. The minimum absolute atomic E-state index is 0.142. The number of halogens is 2. The van der Waals surface area contributed by atoms with E-state index in [2.05, 4.69) is 21.5 Å². The Morgan fingerprint density at radius 1 is 1.37 bits per heavy atom. The average molecular weight is 300 g/mol. The van der Waals surface area contributed by atoms with Crippen LogP contribution in [0.4, 0.5) is 4.39 Å². The number of hydrogen-bond donors (Lipinski definition) is 1. The number of nitrogens with one attached hydrogen (secondary N) is 1. The Kier molecular flexibility index (Phi) is 3.37. The van der Waals surface area contributed by atoms with Gasteiger partial charge in [0.05, 0.1) is 16.1 Å². The first-order valence-electron chi connectivity index (χ1n) is 6.34. The van der Waals surface area contributed by atoms with Crippen molar-refractivity contribution in [1.82, 2.24) is 14.5 Å². The second-order valence-corrected chi connectivity index (χ2v) is 5.91. The molecule has 0 aliphatic carbocycles. The molecule has 2 heterocycles. The number of hydrogen-bond acceptors (Lipinski definition) is 2. The molecule has 0 amide bonds. The summed E-state index contributed by atoms with van der Waals surface area (Å²) in [7, 11) is 2.12. The second-order valence-electron chi connectivity index (χ2n) is 5.12. The summed E-state index contributed by atoms with van der Waals surface area (Å²) in [6.07, 6.45) is 2.10. The van der Waals surface area contributed by atoms with E-state index in [9.17, 15) is 4.39 Å². The predicted molar refractivity (Wildman–Crippen MR) is 77.9 cm³/mol. The first-order valence-corrected chi connectivity index (χ1v) is 7.12. The molecule has 1 aliphatic rings. The normalized spacial score (nSPS) is 18.3. The number of likely N-dealkylation sites (tertiary alicyclic amines) is 1. The van der Waals surface area contributed by atoms with Gasteiger partial charge in [-0.25, -0.2) is 4.39 Å². The van der Waals surface area contributed by atoms with Crippen molar-refractivity contribution in [3.8, 4) is 0 Å².